The van der Waals surface area contributed by atoms with Crippen LogP contribution < -0.4 is 0 Å². The number of alkyl halides is 1. The van der Waals surface area contributed by atoms with Crippen molar-refractivity contribution in [2.75, 3.05) is 0 Å². The van der Waals surface area contributed by atoms with Crippen LogP contribution in [0.3, 0.4) is 0 Å². The van der Waals surface area contributed by atoms with Crippen molar-refractivity contribution in [3.8, 4) is 0 Å². The van der Waals surface area contributed by atoms with Crippen LogP contribution in [0.25, 0.3) is 0 Å². The maximum atomic E-state index is 14.9. The third-order valence-electron chi connectivity index (χ3n) is 3.61. The summed E-state index contributed by atoms with van der Waals surface area (Å²) in [5.41, 5.74) is -0.572. The number of rotatable bonds is 3. The van der Waals surface area contributed by atoms with Crippen LogP contribution in [0.15, 0.2) is 24.4 Å². The average molecular weight is 207 g/mol. The molecule has 2 rings (SSSR count). The third-order valence-corrected chi connectivity index (χ3v) is 3.61. The molecule has 1 nitrogen and oxygen atoms in total. The molecule has 1 saturated carbocycles. The van der Waals surface area contributed by atoms with Crippen LogP contribution >= 0.6 is 0 Å². The molecule has 0 radical (unpaired) electrons. The normalized spacial score (nSPS) is 21.5. The topological polar surface area (TPSA) is 12.9 Å². The van der Waals surface area contributed by atoms with E-state index < -0.39 is 5.67 Å². The monoisotopic (exact) mass is 207 g/mol. The Morgan fingerprint density at radius 3 is 2.67 bits per heavy atom. The number of hydrogen-bond acceptors (Lipinski definition) is 1. The molecule has 0 bridgehead atoms. The quantitative estimate of drug-likeness (QED) is 0.733. The van der Waals surface area contributed by atoms with E-state index in [0.717, 1.165) is 12.8 Å². The van der Waals surface area contributed by atoms with Gasteiger partial charge in [0.1, 0.15) is 0 Å². The van der Waals surface area contributed by atoms with E-state index in [1.807, 2.05) is 25.1 Å². The van der Waals surface area contributed by atoms with Gasteiger partial charge in [-0.05, 0) is 37.3 Å². The summed E-state index contributed by atoms with van der Waals surface area (Å²) in [6, 6.07) is 5.54. The highest BCUT2D eigenvalue weighted by atomic mass is 19.1. The summed E-state index contributed by atoms with van der Waals surface area (Å²) in [4.78, 5) is 4.19. The zero-order chi connectivity index (χ0) is 10.7. The Balaban J connectivity index is 2.28. The molecular formula is C13H18FN. The lowest BCUT2D eigenvalue weighted by atomic mass is 9.82. The molecule has 0 saturated heterocycles. The first-order valence-electron chi connectivity index (χ1n) is 5.88. The minimum Gasteiger partial charge on any atom is -0.258 e. The van der Waals surface area contributed by atoms with Gasteiger partial charge in [0.2, 0.25) is 0 Å². The first-order chi connectivity index (χ1) is 7.27. The van der Waals surface area contributed by atoms with Gasteiger partial charge in [0.05, 0.1) is 5.69 Å². The molecule has 1 aliphatic carbocycles. The van der Waals surface area contributed by atoms with Crippen molar-refractivity contribution >= 4 is 0 Å². The molecule has 0 N–H and O–H groups in total. The SMILES string of the molecule is CCC(F)(c1ccccn1)C1CCCC1. The fourth-order valence-electron chi connectivity index (χ4n) is 2.67. The van der Waals surface area contributed by atoms with Gasteiger partial charge < -0.3 is 0 Å². The second kappa shape index (κ2) is 4.30. The fourth-order valence-corrected chi connectivity index (χ4v) is 2.67. The Labute approximate surface area is 90.7 Å². The van der Waals surface area contributed by atoms with Crippen LogP contribution in [-0.4, -0.2) is 4.98 Å². The second-order valence-corrected chi connectivity index (χ2v) is 4.41. The number of halogens is 1. The standard InChI is InChI=1S/C13H18FN/c1-2-13(14,11-7-3-4-8-11)12-9-5-6-10-15-12/h5-6,9-11H,2-4,7-8H2,1H3. The van der Waals surface area contributed by atoms with Gasteiger partial charge in [-0.15, -0.1) is 0 Å². The summed E-state index contributed by atoms with van der Waals surface area (Å²) in [6.45, 7) is 1.92. The molecule has 0 amide bonds. The van der Waals surface area contributed by atoms with Crippen molar-refractivity contribution in [1.82, 2.24) is 4.98 Å². The maximum Gasteiger partial charge on any atom is 0.155 e. The molecule has 15 heavy (non-hydrogen) atoms. The minimum atomic E-state index is -1.20. The molecule has 1 aromatic rings. The van der Waals surface area contributed by atoms with Crippen molar-refractivity contribution in [2.24, 2.45) is 5.92 Å². The summed E-state index contributed by atoms with van der Waals surface area (Å²) in [7, 11) is 0. The van der Waals surface area contributed by atoms with Gasteiger partial charge in [-0.2, -0.15) is 0 Å². The molecule has 1 aliphatic rings. The lowest BCUT2D eigenvalue weighted by Crippen LogP contribution is -2.29. The third kappa shape index (κ3) is 1.90. The Kier molecular flexibility index (Phi) is 3.03. The highest BCUT2D eigenvalue weighted by molar-refractivity contribution is 5.15. The van der Waals surface area contributed by atoms with Crippen LogP contribution in [0.4, 0.5) is 4.39 Å². The Bertz CT molecular complexity index is 306. The fraction of sp³-hybridized carbons (Fsp3) is 0.615. The Morgan fingerprint density at radius 1 is 1.40 bits per heavy atom. The molecule has 0 aromatic carbocycles. The van der Waals surface area contributed by atoms with E-state index in [9.17, 15) is 4.39 Å². The van der Waals surface area contributed by atoms with Crippen LogP contribution in [0, 0.1) is 5.92 Å². The molecule has 1 heterocycles. The van der Waals surface area contributed by atoms with Crippen molar-refractivity contribution in [1.29, 1.82) is 0 Å². The molecule has 1 atom stereocenters. The molecule has 1 unspecified atom stereocenters. The van der Waals surface area contributed by atoms with E-state index in [2.05, 4.69) is 4.98 Å². The second-order valence-electron chi connectivity index (χ2n) is 4.41. The van der Waals surface area contributed by atoms with Gasteiger partial charge >= 0.3 is 0 Å². The molecule has 82 valence electrons. The highest BCUT2D eigenvalue weighted by Gasteiger charge is 2.41. The lowest BCUT2D eigenvalue weighted by Gasteiger charge is -2.29. The number of hydrogen-bond donors (Lipinski definition) is 0. The van der Waals surface area contributed by atoms with Crippen LogP contribution in [0.5, 0.6) is 0 Å². The number of nitrogens with zero attached hydrogens (tertiary/aromatic N) is 1. The molecule has 2 heteroatoms. The van der Waals surface area contributed by atoms with Crippen LogP contribution in [-0.2, 0) is 5.67 Å². The van der Waals surface area contributed by atoms with Gasteiger partial charge in [-0.25, -0.2) is 4.39 Å². The van der Waals surface area contributed by atoms with Crippen LogP contribution in [0.2, 0.25) is 0 Å². The maximum absolute atomic E-state index is 14.9. The summed E-state index contributed by atoms with van der Waals surface area (Å²) in [6.07, 6.45) is 6.59. The molecule has 1 fully saturated rings. The summed E-state index contributed by atoms with van der Waals surface area (Å²) in [5.74, 6) is 0.178. The molecule has 0 aliphatic heterocycles. The van der Waals surface area contributed by atoms with E-state index in [1.165, 1.54) is 12.8 Å². The van der Waals surface area contributed by atoms with Gasteiger partial charge in [-0.1, -0.05) is 25.8 Å². The Morgan fingerprint density at radius 2 is 2.13 bits per heavy atom. The first-order valence-corrected chi connectivity index (χ1v) is 5.88. The van der Waals surface area contributed by atoms with Crippen molar-refractivity contribution in [3.63, 3.8) is 0 Å². The van der Waals surface area contributed by atoms with E-state index in [1.54, 1.807) is 6.20 Å². The molecular weight excluding hydrogens is 189 g/mol. The predicted octanol–water partition coefficient (Wildman–Crippen LogP) is 3.85. The van der Waals surface area contributed by atoms with Gasteiger partial charge in [0.15, 0.2) is 5.67 Å². The van der Waals surface area contributed by atoms with E-state index in [4.69, 9.17) is 0 Å². The lowest BCUT2D eigenvalue weighted by molar-refractivity contribution is 0.0712. The van der Waals surface area contributed by atoms with Crippen molar-refractivity contribution in [3.05, 3.63) is 30.1 Å². The molecule has 1 aromatic heterocycles. The van der Waals surface area contributed by atoms with E-state index in [-0.39, 0.29) is 5.92 Å². The zero-order valence-corrected chi connectivity index (χ0v) is 9.25. The summed E-state index contributed by atoms with van der Waals surface area (Å²) >= 11 is 0. The summed E-state index contributed by atoms with van der Waals surface area (Å²) in [5, 5.41) is 0. The van der Waals surface area contributed by atoms with Gasteiger partial charge in [-0.3, -0.25) is 4.98 Å². The smallest absolute Gasteiger partial charge is 0.155 e. The van der Waals surface area contributed by atoms with Gasteiger partial charge in [0, 0.05) is 6.20 Å². The van der Waals surface area contributed by atoms with Crippen molar-refractivity contribution in [2.45, 2.75) is 44.7 Å². The number of pyridine rings is 1. The zero-order valence-electron chi connectivity index (χ0n) is 9.25. The summed E-state index contributed by atoms with van der Waals surface area (Å²) < 4.78 is 14.9. The minimum absolute atomic E-state index is 0.178. The van der Waals surface area contributed by atoms with Crippen molar-refractivity contribution < 1.29 is 4.39 Å². The predicted molar refractivity (Wildman–Crippen MR) is 59.3 cm³/mol. The average Bonchev–Trinajstić information content (AvgIpc) is 2.83. The molecule has 0 spiro atoms. The van der Waals surface area contributed by atoms with Crippen LogP contribution in [0.1, 0.15) is 44.7 Å². The Hall–Kier alpha value is -0.920. The van der Waals surface area contributed by atoms with Gasteiger partial charge in [0.25, 0.3) is 0 Å². The number of aromatic nitrogens is 1. The largest absolute Gasteiger partial charge is 0.258 e. The first kappa shape index (κ1) is 10.6. The highest BCUT2D eigenvalue weighted by Crippen LogP contribution is 2.44. The van der Waals surface area contributed by atoms with E-state index >= 15 is 0 Å². The van der Waals surface area contributed by atoms with E-state index in [0.29, 0.717) is 12.1 Å².